The molecule has 0 fully saturated rings. The van der Waals surface area contributed by atoms with Crippen molar-refractivity contribution in [1.82, 2.24) is 0 Å². The lowest BCUT2D eigenvalue weighted by molar-refractivity contribution is 0.298. The monoisotopic (exact) mass is 246 g/mol. The Morgan fingerprint density at radius 2 is 1.78 bits per heavy atom. The third-order valence-electron chi connectivity index (χ3n) is 2.62. The van der Waals surface area contributed by atoms with E-state index in [1.807, 2.05) is 30.3 Å². The molecule has 2 aromatic rings. The van der Waals surface area contributed by atoms with Gasteiger partial charge in [-0.25, -0.2) is 4.39 Å². The van der Waals surface area contributed by atoms with Crippen molar-refractivity contribution in [2.45, 2.75) is 13.0 Å². The van der Waals surface area contributed by atoms with Crippen molar-refractivity contribution in [3.8, 4) is 5.75 Å². The van der Waals surface area contributed by atoms with Crippen molar-refractivity contribution in [3.05, 3.63) is 65.5 Å². The first-order chi connectivity index (χ1) is 8.78. The highest BCUT2D eigenvalue weighted by Crippen LogP contribution is 2.14. The van der Waals surface area contributed by atoms with E-state index in [-0.39, 0.29) is 12.4 Å². The SMILES string of the molecule is OCCc1ccc(OCc2cccc(F)c2)cc1. The van der Waals surface area contributed by atoms with E-state index >= 15 is 0 Å². The molecule has 1 N–H and O–H groups in total. The lowest BCUT2D eigenvalue weighted by Crippen LogP contribution is -1.96. The number of ether oxygens (including phenoxy) is 1. The molecule has 3 heteroatoms. The van der Waals surface area contributed by atoms with Gasteiger partial charge in [-0.05, 0) is 41.8 Å². The molecule has 0 saturated carbocycles. The van der Waals surface area contributed by atoms with E-state index < -0.39 is 0 Å². The Hall–Kier alpha value is -1.87. The van der Waals surface area contributed by atoms with Crippen LogP contribution in [0.5, 0.6) is 5.75 Å². The standard InChI is InChI=1S/C15H15FO2/c16-14-3-1-2-13(10-14)11-18-15-6-4-12(5-7-15)8-9-17/h1-7,10,17H,8-9,11H2. The highest BCUT2D eigenvalue weighted by molar-refractivity contribution is 5.28. The molecule has 0 aliphatic rings. The average molecular weight is 246 g/mol. The number of aliphatic hydroxyl groups excluding tert-OH is 1. The molecule has 94 valence electrons. The van der Waals surface area contributed by atoms with Crippen LogP contribution in [-0.2, 0) is 13.0 Å². The molecule has 2 aromatic carbocycles. The Balaban J connectivity index is 1.93. The van der Waals surface area contributed by atoms with Gasteiger partial charge in [0, 0.05) is 6.61 Å². The Bertz CT molecular complexity index is 494. The summed E-state index contributed by atoms with van der Waals surface area (Å²) in [5.74, 6) is 0.482. The van der Waals surface area contributed by atoms with E-state index in [1.54, 1.807) is 6.07 Å². The molecule has 18 heavy (non-hydrogen) atoms. The molecule has 0 heterocycles. The van der Waals surface area contributed by atoms with Crippen LogP contribution in [0.1, 0.15) is 11.1 Å². The van der Waals surface area contributed by atoms with Gasteiger partial charge < -0.3 is 9.84 Å². The van der Waals surface area contributed by atoms with Gasteiger partial charge in [0.25, 0.3) is 0 Å². The van der Waals surface area contributed by atoms with Crippen LogP contribution in [0.25, 0.3) is 0 Å². The highest BCUT2D eigenvalue weighted by Gasteiger charge is 1.98. The zero-order valence-corrected chi connectivity index (χ0v) is 9.97. The van der Waals surface area contributed by atoms with Crippen LogP contribution in [-0.4, -0.2) is 11.7 Å². The molecule has 0 bridgehead atoms. The van der Waals surface area contributed by atoms with E-state index in [1.165, 1.54) is 12.1 Å². The predicted molar refractivity (Wildman–Crippen MR) is 68.0 cm³/mol. The smallest absolute Gasteiger partial charge is 0.123 e. The summed E-state index contributed by atoms with van der Waals surface area (Å²) in [6.45, 7) is 0.487. The van der Waals surface area contributed by atoms with Crippen molar-refractivity contribution in [2.75, 3.05) is 6.61 Å². The van der Waals surface area contributed by atoms with Gasteiger partial charge in [-0.2, -0.15) is 0 Å². The Morgan fingerprint density at radius 3 is 2.44 bits per heavy atom. The van der Waals surface area contributed by atoms with Crippen LogP contribution < -0.4 is 4.74 Å². The largest absolute Gasteiger partial charge is 0.489 e. The predicted octanol–water partition coefficient (Wildman–Crippen LogP) is 2.94. The Kier molecular flexibility index (Phi) is 4.31. The van der Waals surface area contributed by atoms with Crippen LogP contribution in [0.3, 0.4) is 0 Å². The molecule has 2 rings (SSSR count). The maximum absolute atomic E-state index is 13.0. The molecule has 0 unspecified atom stereocenters. The van der Waals surface area contributed by atoms with E-state index in [0.717, 1.165) is 16.9 Å². The summed E-state index contributed by atoms with van der Waals surface area (Å²) in [5.41, 5.74) is 1.87. The van der Waals surface area contributed by atoms with Gasteiger partial charge in [-0.3, -0.25) is 0 Å². The highest BCUT2D eigenvalue weighted by atomic mass is 19.1. The quantitative estimate of drug-likeness (QED) is 0.879. The van der Waals surface area contributed by atoms with Crippen molar-refractivity contribution >= 4 is 0 Å². The minimum absolute atomic E-state index is 0.142. The number of halogens is 1. The van der Waals surface area contributed by atoms with Gasteiger partial charge in [0.2, 0.25) is 0 Å². The lowest BCUT2D eigenvalue weighted by atomic mass is 10.1. The van der Waals surface area contributed by atoms with Gasteiger partial charge in [-0.15, -0.1) is 0 Å². The van der Waals surface area contributed by atoms with Crippen molar-refractivity contribution in [2.24, 2.45) is 0 Å². The molecule has 2 nitrogen and oxygen atoms in total. The van der Waals surface area contributed by atoms with Crippen LogP contribution in [0.15, 0.2) is 48.5 Å². The van der Waals surface area contributed by atoms with E-state index in [0.29, 0.717) is 13.0 Å². The number of hydrogen-bond donors (Lipinski definition) is 1. The summed E-state index contributed by atoms with van der Waals surface area (Å²) in [6, 6.07) is 13.9. The maximum atomic E-state index is 13.0. The van der Waals surface area contributed by atoms with Crippen LogP contribution in [0.2, 0.25) is 0 Å². The van der Waals surface area contributed by atoms with Crippen molar-refractivity contribution < 1.29 is 14.2 Å². The minimum atomic E-state index is -0.255. The third-order valence-corrected chi connectivity index (χ3v) is 2.62. The Labute approximate surface area is 106 Å². The summed E-state index contributed by atoms with van der Waals surface area (Å²) in [7, 11) is 0. The fourth-order valence-corrected chi connectivity index (χ4v) is 1.67. The molecule has 0 aliphatic carbocycles. The van der Waals surface area contributed by atoms with Crippen LogP contribution in [0, 0.1) is 5.82 Å². The van der Waals surface area contributed by atoms with Crippen molar-refractivity contribution in [1.29, 1.82) is 0 Å². The van der Waals surface area contributed by atoms with E-state index in [9.17, 15) is 4.39 Å². The van der Waals surface area contributed by atoms with E-state index in [4.69, 9.17) is 9.84 Å². The lowest BCUT2D eigenvalue weighted by Gasteiger charge is -2.07. The van der Waals surface area contributed by atoms with Crippen molar-refractivity contribution in [3.63, 3.8) is 0 Å². The normalized spacial score (nSPS) is 10.3. The van der Waals surface area contributed by atoms with E-state index in [2.05, 4.69) is 0 Å². The molecule has 0 saturated heterocycles. The van der Waals surface area contributed by atoms with Gasteiger partial charge >= 0.3 is 0 Å². The summed E-state index contributed by atoms with van der Waals surface area (Å²) < 4.78 is 18.5. The molecule has 0 aliphatic heterocycles. The topological polar surface area (TPSA) is 29.5 Å². The number of aliphatic hydroxyl groups is 1. The summed E-state index contributed by atoms with van der Waals surface area (Å²) in [5, 5.41) is 8.80. The molecule has 0 spiro atoms. The van der Waals surface area contributed by atoms with Gasteiger partial charge in [0.05, 0.1) is 0 Å². The second-order valence-corrected chi connectivity index (χ2v) is 4.04. The molecular weight excluding hydrogens is 231 g/mol. The summed E-state index contributed by atoms with van der Waals surface area (Å²) in [4.78, 5) is 0. The first-order valence-electron chi connectivity index (χ1n) is 5.85. The summed E-state index contributed by atoms with van der Waals surface area (Å²) in [6.07, 6.45) is 0.643. The number of rotatable bonds is 5. The Morgan fingerprint density at radius 1 is 1.00 bits per heavy atom. The van der Waals surface area contributed by atoms with Gasteiger partial charge in [0.15, 0.2) is 0 Å². The van der Waals surface area contributed by atoms with Gasteiger partial charge in [0.1, 0.15) is 18.2 Å². The molecule has 0 atom stereocenters. The van der Waals surface area contributed by atoms with Gasteiger partial charge in [-0.1, -0.05) is 24.3 Å². The molecular formula is C15H15FO2. The average Bonchev–Trinajstić information content (AvgIpc) is 2.38. The first kappa shape index (κ1) is 12.6. The fourth-order valence-electron chi connectivity index (χ4n) is 1.67. The molecule has 0 aromatic heterocycles. The zero-order chi connectivity index (χ0) is 12.8. The minimum Gasteiger partial charge on any atom is -0.489 e. The second kappa shape index (κ2) is 6.17. The van der Waals surface area contributed by atoms with Crippen LogP contribution in [0.4, 0.5) is 4.39 Å². The zero-order valence-electron chi connectivity index (χ0n) is 9.97. The maximum Gasteiger partial charge on any atom is 0.123 e. The second-order valence-electron chi connectivity index (χ2n) is 4.04. The third kappa shape index (κ3) is 3.57. The summed E-state index contributed by atoms with van der Waals surface area (Å²) >= 11 is 0. The molecule has 0 radical (unpaired) electrons. The number of benzene rings is 2. The van der Waals surface area contributed by atoms with Crippen LogP contribution >= 0.6 is 0 Å². The fraction of sp³-hybridized carbons (Fsp3) is 0.200. The first-order valence-corrected chi connectivity index (χ1v) is 5.85. The molecule has 0 amide bonds. The number of hydrogen-bond acceptors (Lipinski definition) is 2.